The summed E-state index contributed by atoms with van der Waals surface area (Å²) < 4.78 is 17.0. The van der Waals surface area contributed by atoms with Crippen molar-refractivity contribution in [1.29, 1.82) is 0 Å². The molecule has 0 spiro atoms. The normalized spacial score (nSPS) is 12.5. The highest BCUT2D eigenvalue weighted by molar-refractivity contribution is 5.71. The van der Waals surface area contributed by atoms with Gasteiger partial charge in [-0.05, 0) is 103 Å². The Kier molecular flexibility index (Phi) is 68.6. The molecule has 6 heteroatoms. The fraction of sp³-hybridized carbons (Fsp3) is 0.805. The molecule has 0 bridgehead atoms. The van der Waals surface area contributed by atoms with E-state index in [0.29, 0.717) is 19.3 Å². The van der Waals surface area contributed by atoms with E-state index in [0.717, 1.165) is 89.9 Å². The summed E-state index contributed by atoms with van der Waals surface area (Å²) in [5.41, 5.74) is 0. The molecule has 0 aliphatic rings. The smallest absolute Gasteiger partial charge is 0.306 e. The molecule has 482 valence electrons. The zero-order chi connectivity index (χ0) is 59.9. The van der Waals surface area contributed by atoms with Crippen molar-refractivity contribution in [3.63, 3.8) is 0 Å². The Hall–Kier alpha value is -3.15. The Morgan fingerprint density at radius 1 is 0.253 bits per heavy atom. The van der Waals surface area contributed by atoms with E-state index in [9.17, 15) is 14.4 Å². The molecule has 0 aromatic heterocycles. The predicted octanol–water partition coefficient (Wildman–Crippen LogP) is 25.2. The maximum atomic E-state index is 13.0. The van der Waals surface area contributed by atoms with Gasteiger partial charge in [0.25, 0.3) is 0 Å². The van der Waals surface area contributed by atoms with Crippen LogP contribution in [0.2, 0.25) is 0 Å². The first-order valence-corrected chi connectivity index (χ1v) is 36.4. The van der Waals surface area contributed by atoms with Gasteiger partial charge in [0, 0.05) is 19.3 Å². The second-order valence-electron chi connectivity index (χ2n) is 24.5. The third-order valence-corrected chi connectivity index (χ3v) is 16.2. The van der Waals surface area contributed by atoms with Gasteiger partial charge in [0.2, 0.25) is 0 Å². The summed E-state index contributed by atoms with van der Waals surface area (Å²) >= 11 is 0. The van der Waals surface area contributed by atoms with E-state index in [-0.39, 0.29) is 31.1 Å². The van der Waals surface area contributed by atoms with E-state index in [1.54, 1.807) is 0 Å². The molecule has 0 fully saturated rings. The molecule has 6 nitrogen and oxygen atoms in total. The van der Waals surface area contributed by atoms with Gasteiger partial charge in [-0.3, -0.25) is 14.4 Å². The van der Waals surface area contributed by atoms with Gasteiger partial charge in [0.1, 0.15) is 13.2 Å². The molecule has 0 aromatic rings. The van der Waals surface area contributed by atoms with Crippen molar-refractivity contribution >= 4 is 17.9 Å². The van der Waals surface area contributed by atoms with E-state index in [1.807, 2.05) is 0 Å². The fourth-order valence-electron chi connectivity index (χ4n) is 10.7. The van der Waals surface area contributed by atoms with Crippen molar-refractivity contribution in [3.8, 4) is 0 Å². The van der Waals surface area contributed by atoms with Crippen molar-refractivity contribution in [1.82, 2.24) is 0 Å². The van der Waals surface area contributed by atoms with Crippen LogP contribution in [0.5, 0.6) is 0 Å². The first-order valence-electron chi connectivity index (χ1n) is 36.4. The fourth-order valence-corrected chi connectivity index (χ4v) is 10.7. The van der Waals surface area contributed by atoms with Crippen molar-refractivity contribution < 1.29 is 28.6 Å². The van der Waals surface area contributed by atoms with Crippen LogP contribution < -0.4 is 0 Å². The first kappa shape index (κ1) is 79.8. The van der Waals surface area contributed by atoms with Crippen molar-refractivity contribution in [2.24, 2.45) is 0 Å². The zero-order valence-electron chi connectivity index (χ0n) is 55.5. The van der Waals surface area contributed by atoms with Gasteiger partial charge in [-0.1, -0.05) is 331 Å². The highest BCUT2D eigenvalue weighted by atomic mass is 16.6. The minimum atomic E-state index is -0.780. The molecule has 0 N–H and O–H groups in total. The van der Waals surface area contributed by atoms with Crippen LogP contribution in [0.25, 0.3) is 0 Å². The molecule has 0 aliphatic carbocycles. The lowest BCUT2D eigenvalue weighted by Crippen LogP contribution is -2.30. The van der Waals surface area contributed by atoms with E-state index < -0.39 is 6.10 Å². The molecule has 0 heterocycles. The largest absolute Gasteiger partial charge is 0.462 e. The average Bonchev–Trinajstić information content (AvgIpc) is 3.48. The Morgan fingerprint density at radius 2 is 0.482 bits per heavy atom. The Bertz CT molecular complexity index is 1520. The standard InChI is InChI=1S/C77H138O6/c1-4-7-10-13-16-19-22-24-26-28-30-32-34-36-37-38-39-41-42-44-46-48-50-52-55-58-61-64-67-70-76(79)82-73-74(72-81-75(78)69-66-63-60-57-54-21-18-15-12-9-6-3)83-77(80)71-68-65-62-59-56-53-51-49-47-45-43-40-35-33-31-29-27-25-23-20-17-14-11-8-5-2/h8,11,15,17-18,20,25,27-28,30-31,33,74H,4-7,9-10,12-14,16,19,21-24,26,29,32,34-73H2,1-3H3/b11-8-,18-15-,20-17-,27-25-,30-28-,33-31-. The van der Waals surface area contributed by atoms with Crippen LogP contribution in [0.15, 0.2) is 72.9 Å². The number of carbonyl (C=O) groups excluding carboxylic acids is 3. The average molecular weight is 1160 g/mol. The lowest BCUT2D eigenvalue weighted by Gasteiger charge is -2.18. The number of ether oxygens (including phenoxy) is 3. The van der Waals surface area contributed by atoms with E-state index in [4.69, 9.17) is 14.2 Å². The lowest BCUT2D eigenvalue weighted by atomic mass is 10.0. The van der Waals surface area contributed by atoms with E-state index in [1.165, 1.54) is 250 Å². The van der Waals surface area contributed by atoms with Gasteiger partial charge < -0.3 is 14.2 Å². The quantitative estimate of drug-likeness (QED) is 0.0261. The van der Waals surface area contributed by atoms with Gasteiger partial charge in [0.15, 0.2) is 6.10 Å². The number of hydrogen-bond donors (Lipinski definition) is 0. The Labute approximate surface area is 516 Å². The third-order valence-electron chi connectivity index (χ3n) is 16.2. The van der Waals surface area contributed by atoms with Crippen LogP contribution in [-0.2, 0) is 28.6 Å². The van der Waals surface area contributed by atoms with Gasteiger partial charge in [0.05, 0.1) is 0 Å². The minimum absolute atomic E-state index is 0.0749. The second-order valence-corrected chi connectivity index (χ2v) is 24.5. The zero-order valence-corrected chi connectivity index (χ0v) is 55.5. The van der Waals surface area contributed by atoms with Gasteiger partial charge in [-0.15, -0.1) is 0 Å². The minimum Gasteiger partial charge on any atom is -0.462 e. The topological polar surface area (TPSA) is 78.9 Å². The molecular weight excluding hydrogens is 1020 g/mol. The molecule has 0 radical (unpaired) electrons. The molecule has 1 unspecified atom stereocenters. The van der Waals surface area contributed by atoms with E-state index >= 15 is 0 Å². The Morgan fingerprint density at radius 3 is 0.783 bits per heavy atom. The molecule has 1 atom stereocenters. The van der Waals surface area contributed by atoms with Crippen LogP contribution >= 0.6 is 0 Å². The number of rotatable bonds is 67. The first-order chi connectivity index (χ1) is 41.0. The van der Waals surface area contributed by atoms with Gasteiger partial charge >= 0.3 is 17.9 Å². The summed E-state index contributed by atoms with van der Waals surface area (Å²) in [7, 11) is 0. The number of carbonyl (C=O) groups is 3. The number of unbranched alkanes of at least 4 members (excludes halogenated alkanes) is 44. The summed E-state index contributed by atoms with van der Waals surface area (Å²) in [6, 6.07) is 0. The summed E-state index contributed by atoms with van der Waals surface area (Å²) in [5, 5.41) is 0. The lowest BCUT2D eigenvalue weighted by molar-refractivity contribution is -0.167. The molecule has 83 heavy (non-hydrogen) atoms. The molecular formula is C77H138O6. The summed E-state index contributed by atoms with van der Waals surface area (Å²) in [6.07, 6.45) is 93.8. The number of allylic oxidation sites excluding steroid dienone is 12. The summed E-state index contributed by atoms with van der Waals surface area (Å²) in [6.45, 7) is 6.54. The van der Waals surface area contributed by atoms with Crippen LogP contribution in [0, 0.1) is 0 Å². The molecule has 0 saturated heterocycles. The Balaban J connectivity index is 4.17. The van der Waals surface area contributed by atoms with Gasteiger partial charge in [-0.2, -0.15) is 0 Å². The molecule has 0 saturated carbocycles. The highest BCUT2D eigenvalue weighted by Crippen LogP contribution is 2.18. The molecule has 0 rings (SSSR count). The van der Waals surface area contributed by atoms with E-state index in [2.05, 4.69) is 93.7 Å². The number of esters is 3. The van der Waals surface area contributed by atoms with Crippen molar-refractivity contribution in [2.45, 2.75) is 386 Å². The second kappa shape index (κ2) is 71.3. The molecule has 0 aromatic carbocycles. The highest BCUT2D eigenvalue weighted by Gasteiger charge is 2.19. The van der Waals surface area contributed by atoms with Gasteiger partial charge in [-0.25, -0.2) is 0 Å². The van der Waals surface area contributed by atoms with Crippen LogP contribution in [0.1, 0.15) is 380 Å². The maximum absolute atomic E-state index is 13.0. The van der Waals surface area contributed by atoms with Crippen molar-refractivity contribution in [2.75, 3.05) is 13.2 Å². The third kappa shape index (κ3) is 69.5. The molecule has 0 amide bonds. The number of hydrogen-bond acceptors (Lipinski definition) is 6. The SMILES string of the molecule is CC/C=C\C/C=C\C/C=C\C/C=C\CCCCCCCCCCCCCCC(=O)OC(COC(=O)CCCCCCC/C=C\CCCC)COC(=O)CCCCCCCCCCCCCCCCCCC/C=C\CCCCCCCCCC. The summed E-state index contributed by atoms with van der Waals surface area (Å²) in [4.78, 5) is 38.4. The molecule has 0 aliphatic heterocycles. The monoisotopic (exact) mass is 1160 g/mol. The van der Waals surface area contributed by atoms with Crippen LogP contribution in [0.3, 0.4) is 0 Å². The van der Waals surface area contributed by atoms with Crippen molar-refractivity contribution in [3.05, 3.63) is 72.9 Å². The summed E-state index contributed by atoms with van der Waals surface area (Å²) in [5.74, 6) is -0.866. The van der Waals surface area contributed by atoms with Crippen LogP contribution in [-0.4, -0.2) is 37.2 Å². The van der Waals surface area contributed by atoms with Crippen LogP contribution in [0.4, 0.5) is 0 Å². The maximum Gasteiger partial charge on any atom is 0.306 e. The predicted molar refractivity (Wildman–Crippen MR) is 362 cm³/mol.